The number of aryl methyl sites for hydroxylation is 2. The Labute approximate surface area is 217 Å². The van der Waals surface area contributed by atoms with Crippen LogP contribution < -0.4 is 11.1 Å². The van der Waals surface area contributed by atoms with Crippen LogP contribution in [-0.4, -0.2) is 34.8 Å². The molecule has 3 N–H and O–H groups in total. The van der Waals surface area contributed by atoms with Crippen molar-refractivity contribution in [2.75, 3.05) is 18.4 Å². The number of carbonyl (C=O) groups excluding carboxylic acids is 2. The van der Waals surface area contributed by atoms with Gasteiger partial charge in [-0.15, -0.1) is 0 Å². The van der Waals surface area contributed by atoms with E-state index >= 15 is 0 Å². The first-order valence-corrected chi connectivity index (χ1v) is 12.8. The van der Waals surface area contributed by atoms with Crippen LogP contribution in [0.2, 0.25) is 0 Å². The number of piperidine rings is 1. The van der Waals surface area contributed by atoms with E-state index in [-0.39, 0.29) is 17.7 Å². The van der Waals surface area contributed by atoms with Crippen LogP contribution in [0.4, 0.5) is 5.69 Å². The molecule has 1 aliphatic heterocycles. The van der Waals surface area contributed by atoms with Crippen LogP contribution >= 0.6 is 0 Å². The lowest BCUT2D eigenvalue weighted by atomic mass is 9.96. The molecule has 3 aromatic carbocycles. The maximum atomic E-state index is 13.0. The fourth-order valence-corrected chi connectivity index (χ4v) is 5.00. The van der Waals surface area contributed by atoms with E-state index in [0.29, 0.717) is 5.56 Å². The molecule has 37 heavy (non-hydrogen) atoms. The van der Waals surface area contributed by atoms with E-state index in [9.17, 15) is 9.59 Å². The summed E-state index contributed by atoms with van der Waals surface area (Å²) in [5, 5.41) is 4.10. The number of pyridine rings is 1. The van der Waals surface area contributed by atoms with Gasteiger partial charge >= 0.3 is 0 Å². The quantitative estimate of drug-likeness (QED) is 0.374. The van der Waals surface area contributed by atoms with E-state index in [4.69, 9.17) is 10.7 Å². The zero-order valence-electron chi connectivity index (χ0n) is 21.3. The van der Waals surface area contributed by atoms with Crippen LogP contribution in [0.5, 0.6) is 0 Å². The minimum atomic E-state index is -0.190. The predicted octanol–water partition coefficient (Wildman–Crippen LogP) is 5.47. The average Bonchev–Trinajstić information content (AvgIpc) is 2.91. The maximum Gasteiger partial charge on any atom is 0.255 e. The Morgan fingerprint density at radius 3 is 2.24 bits per heavy atom. The molecule has 5 rings (SSSR count). The normalized spacial score (nSPS) is 14.5. The van der Waals surface area contributed by atoms with E-state index in [1.807, 2.05) is 49.5 Å². The lowest BCUT2D eigenvalue weighted by Crippen LogP contribution is -2.38. The van der Waals surface area contributed by atoms with Gasteiger partial charge in [-0.3, -0.25) is 19.5 Å². The van der Waals surface area contributed by atoms with Crippen molar-refractivity contribution in [1.82, 2.24) is 9.88 Å². The first-order chi connectivity index (χ1) is 17.9. The lowest BCUT2D eigenvalue weighted by molar-refractivity contribution is -0.123. The fourth-order valence-electron chi connectivity index (χ4n) is 5.00. The molecule has 2 amide bonds. The molecule has 4 aromatic rings. The fraction of sp³-hybridized carbons (Fsp3) is 0.258. The third-order valence-corrected chi connectivity index (χ3v) is 7.34. The summed E-state index contributed by atoms with van der Waals surface area (Å²) < 4.78 is 0. The van der Waals surface area contributed by atoms with E-state index < -0.39 is 0 Å². The van der Waals surface area contributed by atoms with Gasteiger partial charge in [0.1, 0.15) is 0 Å². The lowest BCUT2D eigenvalue weighted by Gasteiger charge is -2.30. The van der Waals surface area contributed by atoms with Crippen molar-refractivity contribution >= 4 is 28.4 Å². The molecular weight excluding hydrogens is 460 g/mol. The molecule has 0 bridgehead atoms. The highest BCUT2D eigenvalue weighted by atomic mass is 16.2. The molecule has 1 saturated heterocycles. The molecule has 0 radical (unpaired) electrons. The number of anilines is 1. The number of carbonyl (C=O) groups is 2. The van der Waals surface area contributed by atoms with Crippen LogP contribution in [0.15, 0.2) is 72.9 Å². The Bertz CT molecular complexity index is 1440. The van der Waals surface area contributed by atoms with Gasteiger partial charge in [0.25, 0.3) is 5.91 Å². The summed E-state index contributed by atoms with van der Waals surface area (Å²) in [6.45, 7) is 6.58. The number of benzene rings is 3. The van der Waals surface area contributed by atoms with Crippen LogP contribution in [-0.2, 0) is 11.3 Å². The Kier molecular flexibility index (Phi) is 7.01. The van der Waals surface area contributed by atoms with E-state index in [1.54, 1.807) is 0 Å². The summed E-state index contributed by atoms with van der Waals surface area (Å²) in [6, 6.07) is 22.1. The Balaban J connectivity index is 1.26. The van der Waals surface area contributed by atoms with Crippen molar-refractivity contribution in [3.05, 3.63) is 95.2 Å². The Morgan fingerprint density at radius 1 is 0.946 bits per heavy atom. The topological polar surface area (TPSA) is 88.3 Å². The van der Waals surface area contributed by atoms with Crippen LogP contribution in [0, 0.1) is 19.8 Å². The highest BCUT2D eigenvalue weighted by Crippen LogP contribution is 2.27. The van der Waals surface area contributed by atoms with Crippen molar-refractivity contribution in [3.63, 3.8) is 0 Å². The molecule has 1 aliphatic rings. The summed E-state index contributed by atoms with van der Waals surface area (Å²) in [5.41, 5.74) is 13.2. The minimum Gasteiger partial charge on any atom is -0.369 e. The van der Waals surface area contributed by atoms with Crippen molar-refractivity contribution in [2.24, 2.45) is 11.7 Å². The smallest absolute Gasteiger partial charge is 0.255 e. The summed E-state index contributed by atoms with van der Waals surface area (Å²) in [5.74, 6) is -0.341. The second kappa shape index (κ2) is 10.5. The van der Waals surface area contributed by atoms with Crippen molar-refractivity contribution < 1.29 is 9.59 Å². The number of amides is 2. The van der Waals surface area contributed by atoms with Gasteiger partial charge < -0.3 is 11.1 Å². The van der Waals surface area contributed by atoms with Gasteiger partial charge in [-0.2, -0.15) is 0 Å². The minimum absolute atomic E-state index is 0.00612. The molecule has 6 heteroatoms. The molecule has 6 nitrogen and oxygen atoms in total. The molecular formula is C31H32N4O2. The van der Waals surface area contributed by atoms with Crippen LogP contribution in [0.1, 0.15) is 39.9 Å². The van der Waals surface area contributed by atoms with Gasteiger partial charge in [0.05, 0.1) is 5.52 Å². The number of hydrogen-bond donors (Lipinski definition) is 2. The van der Waals surface area contributed by atoms with Gasteiger partial charge in [0.2, 0.25) is 5.91 Å². The SMILES string of the molecule is Cc1ccc(-c2ccc(C(=O)Nc3ccc4cc(CN5CCC(C(N)=O)CC5)cnc4c3C)cc2)cc1. The number of fused-ring (bicyclic) bond motifs is 1. The van der Waals surface area contributed by atoms with Crippen molar-refractivity contribution in [1.29, 1.82) is 0 Å². The van der Waals surface area contributed by atoms with Gasteiger partial charge in [-0.05, 0) is 86.3 Å². The van der Waals surface area contributed by atoms with Crippen LogP contribution in [0.3, 0.4) is 0 Å². The molecule has 0 spiro atoms. The number of nitrogens with two attached hydrogens (primary N) is 1. The first-order valence-electron chi connectivity index (χ1n) is 12.8. The van der Waals surface area contributed by atoms with E-state index in [0.717, 1.165) is 71.3 Å². The third kappa shape index (κ3) is 5.54. The second-order valence-electron chi connectivity index (χ2n) is 10.0. The number of primary amides is 1. The first kappa shape index (κ1) is 24.7. The largest absolute Gasteiger partial charge is 0.369 e. The monoisotopic (exact) mass is 492 g/mol. The highest BCUT2D eigenvalue weighted by Gasteiger charge is 2.23. The number of nitrogens with zero attached hydrogens (tertiary/aromatic N) is 2. The number of rotatable bonds is 6. The number of nitrogens with one attached hydrogen (secondary N) is 1. The van der Waals surface area contributed by atoms with Gasteiger partial charge in [-0.1, -0.05) is 48.0 Å². The number of hydrogen-bond acceptors (Lipinski definition) is 4. The van der Waals surface area contributed by atoms with Crippen LogP contribution in [0.25, 0.3) is 22.0 Å². The van der Waals surface area contributed by atoms with E-state index in [2.05, 4.69) is 47.5 Å². The van der Waals surface area contributed by atoms with E-state index in [1.165, 1.54) is 5.56 Å². The Morgan fingerprint density at radius 2 is 1.59 bits per heavy atom. The average molecular weight is 493 g/mol. The standard InChI is InChI=1S/C31H32N4O2/c1-20-3-5-23(6-4-20)24-7-9-26(10-8-24)31(37)34-28-12-11-27-17-22(18-33-29(27)21(28)2)19-35-15-13-25(14-16-35)30(32)36/h3-12,17-18,25H,13-16,19H2,1-2H3,(H2,32,36)(H,34,37). The molecule has 0 aliphatic carbocycles. The molecule has 188 valence electrons. The highest BCUT2D eigenvalue weighted by molar-refractivity contribution is 6.06. The van der Waals surface area contributed by atoms with Gasteiger partial charge in [0, 0.05) is 35.3 Å². The number of aromatic nitrogens is 1. The molecule has 0 atom stereocenters. The number of likely N-dealkylation sites (tertiary alicyclic amines) is 1. The second-order valence-corrected chi connectivity index (χ2v) is 10.0. The molecule has 1 aromatic heterocycles. The van der Waals surface area contributed by atoms with Gasteiger partial charge in [0.15, 0.2) is 0 Å². The summed E-state index contributed by atoms with van der Waals surface area (Å²) in [4.78, 5) is 31.5. The summed E-state index contributed by atoms with van der Waals surface area (Å²) in [7, 11) is 0. The molecule has 2 heterocycles. The third-order valence-electron chi connectivity index (χ3n) is 7.34. The molecule has 0 saturated carbocycles. The molecule has 1 fully saturated rings. The summed E-state index contributed by atoms with van der Waals surface area (Å²) in [6.07, 6.45) is 3.53. The zero-order chi connectivity index (χ0) is 25.9. The summed E-state index contributed by atoms with van der Waals surface area (Å²) >= 11 is 0. The predicted molar refractivity (Wildman–Crippen MR) is 148 cm³/mol. The zero-order valence-corrected chi connectivity index (χ0v) is 21.3. The van der Waals surface area contributed by atoms with Crippen molar-refractivity contribution in [3.8, 4) is 11.1 Å². The van der Waals surface area contributed by atoms with Gasteiger partial charge in [-0.25, -0.2) is 0 Å². The van der Waals surface area contributed by atoms with Crippen molar-refractivity contribution in [2.45, 2.75) is 33.2 Å². The molecule has 0 unspecified atom stereocenters. The Hall–Kier alpha value is -4.03. The maximum absolute atomic E-state index is 13.0.